The minimum absolute atomic E-state index is 0. The molecule has 0 bridgehead atoms. The number of pyridine rings is 3. The number of nitrogens with zero attached hydrogens (tertiary/aromatic N) is 3. The molecule has 0 N–H and O–H groups in total. The molecule has 1 radical (unpaired) electrons. The van der Waals surface area contributed by atoms with E-state index in [0.717, 1.165) is 67.9 Å². The molecule has 1 aliphatic carbocycles. The largest absolute Gasteiger partial charge is 0 e. The molecule has 0 unspecified atom stereocenters. The van der Waals surface area contributed by atoms with Gasteiger partial charge in [0.1, 0.15) is 4.83 Å². The van der Waals surface area contributed by atoms with Crippen LogP contribution in [0, 0.1) is 30.8 Å². The molecule has 0 spiro atoms. The van der Waals surface area contributed by atoms with Gasteiger partial charge in [-0.15, -0.1) is 23.8 Å². The molecule has 7 rings (SSSR count). The van der Waals surface area contributed by atoms with E-state index in [4.69, 9.17) is 9.60 Å². The number of rotatable bonds is 7. The zero-order valence-electron chi connectivity index (χ0n) is 35.3. The molecule has 4 aromatic heterocycles. The Labute approximate surface area is 317 Å². The SMILES string of the molecule is [2H]C([2H])([2H])c1ccc2c(n1)sc1c(-c3cc(C([2H])([2H])C4CCCCC4)ccn3)[c-]ccc12.[2H]C([2H])(c1cc(-c2[c-]cccc2)nc[c]1[Ge]([CH3])([CH3])[CH3])C(C)C.[Ir]. The van der Waals surface area contributed by atoms with Crippen LogP contribution in [0.1, 0.15) is 72.4 Å². The van der Waals surface area contributed by atoms with Gasteiger partial charge in [0, 0.05) is 38.8 Å². The van der Waals surface area contributed by atoms with E-state index in [9.17, 15) is 0 Å². The topological polar surface area (TPSA) is 38.7 Å². The van der Waals surface area contributed by atoms with Gasteiger partial charge in [0.2, 0.25) is 0 Å². The molecule has 0 atom stereocenters. The van der Waals surface area contributed by atoms with Crippen LogP contribution in [0.5, 0.6) is 0 Å². The van der Waals surface area contributed by atoms with Crippen molar-refractivity contribution in [2.75, 3.05) is 0 Å². The molecule has 0 aliphatic heterocycles. The molecular formula is C42H47GeIrN3S-2. The van der Waals surface area contributed by atoms with E-state index < -0.39 is 32.9 Å². The predicted molar refractivity (Wildman–Crippen MR) is 204 cm³/mol. The van der Waals surface area contributed by atoms with Crippen LogP contribution in [0.25, 0.3) is 42.8 Å². The molecule has 2 aromatic carbocycles. The molecule has 251 valence electrons. The summed E-state index contributed by atoms with van der Waals surface area (Å²) >= 11 is -0.774. The van der Waals surface area contributed by atoms with E-state index in [2.05, 4.69) is 44.4 Å². The van der Waals surface area contributed by atoms with Crippen LogP contribution in [0.3, 0.4) is 0 Å². The van der Waals surface area contributed by atoms with Crippen LogP contribution in [-0.2, 0) is 32.9 Å². The third-order valence-corrected chi connectivity index (χ3v) is 13.8. The summed E-state index contributed by atoms with van der Waals surface area (Å²) in [6.45, 7) is 1.63. The summed E-state index contributed by atoms with van der Waals surface area (Å²) in [6.07, 6.45) is 6.03. The van der Waals surface area contributed by atoms with Gasteiger partial charge in [-0.05, 0) is 47.1 Å². The molecule has 0 amide bonds. The van der Waals surface area contributed by atoms with E-state index in [1.165, 1.54) is 17.8 Å². The van der Waals surface area contributed by atoms with Crippen LogP contribution in [-0.4, -0.2) is 28.2 Å². The summed E-state index contributed by atoms with van der Waals surface area (Å²) in [7, 11) is 0. The summed E-state index contributed by atoms with van der Waals surface area (Å²) in [5.41, 5.74) is 4.74. The molecule has 3 nitrogen and oxygen atoms in total. The van der Waals surface area contributed by atoms with Crippen molar-refractivity contribution in [2.45, 2.75) is 82.8 Å². The van der Waals surface area contributed by atoms with Crippen LogP contribution in [0.15, 0.2) is 79.1 Å². The third-order valence-electron chi connectivity index (χ3n) is 8.43. The van der Waals surface area contributed by atoms with Gasteiger partial charge in [-0.3, -0.25) is 0 Å². The zero-order chi connectivity index (χ0) is 39.1. The maximum Gasteiger partial charge on any atom is 0 e. The van der Waals surface area contributed by atoms with Crippen molar-refractivity contribution in [1.82, 2.24) is 15.0 Å². The first-order valence-corrected chi connectivity index (χ1v) is 24.7. The monoisotopic (exact) mass is 899 g/mol. The summed E-state index contributed by atoms with van der Waals surface area (Å²) in [5, 5.41) is 1.88. The van der Waals surface area contributed by atoms with Gasteiger partial charge < -0.3 is 4.98 Å². The first-order valence-electron chi connectivity index (χ1n) is 20.1. The predicted octanol–water partition coefficient (Wildman–Crippen LogP) is 11.0. The van der Waals surface area contributed by atoms with E-state index in [0.29, 0.717) is 16.1 Å². The standard InChI is InChI=1S/C24H23N2S.C18H24GeN.Ir/c1-16-10-11-20-19-8-5-9-21(23(19)27-24(20)26-16)22-15-18(12-13-25-22)14-17-6-3-2-4-7-17;1-14(2)11-16-12-18(15-9-7-6-8-10-15)20-13-17(16)19(3,4)5;/h5,8,10-13,15,17H,2-4,6-7,14H2,1H3;6-9,12-14H,11H2,1-5H3;/q2*-1;/i1D3,14D2;11D2;. The van der Waals surface area contributed by atoms with Gasteiger partial charge in [-0.2, -0.15) is 11.3 Å². The van der Waals surface area contributed by atoms with Gasteiger partial charge >= 0.3 is 128 Å². The Balaban J connectivity index is 0.000000222. The van der Waals surface area contributed by atoms with Crippen molar-refractivity contribution in [3.63, 3.8) is 0 Å². The second kappa shape index (κ2) is 16.3. The average Bonchev–Trinajstić information content (AvgIpc) is 3.53. The van der Waals surface area contributed by atoms with Crippen LogP contribution in [0.4, 0.5) is 0 Å². The van der Waals surface area contributed by atoms with Crippen LogP contribution in [0.2, 0.25) is 17.3 Å². The maximum atomic E-state index is 8.82. The molecule has 4 heterocycles. The smallest absolute Gasteiger partial charge is 0 e. The van der Waals surface area contributed by atoms with Gasteiger partial charge in [-0.1, -0.05) is 55.2 Å². The number of thiophene rings is 1. The Kier molecular flexibility index (Phi) is 9.55. The normalized spacial score (nSPS) is 16.8. The summed E-state index contributed by atoms with van der Waals surface area (Å²) in [4.78, 5) is 14.2. The Morgan fingerprint density at radius 3 is 2.50 bits per heavy atom. The zero-order valence-corrected chi connectivity index (χ0v) is 33.6. The first kappa shape index (κ1) is 28.0. The van der Waals surface area contributed by atoms with Crippen molar-refractivity contribution in [2.24, 2.45) is 11.8 Å². The van der Waals surface area contributed by atoms with E-state index >= 15 is 0 Å². The Morgan fingerprint density at radius 2 is 1.77 bits per heavy atom. The second-order valence-corrected chi connectivity index (χ2v) is 25.2. The number of aromatic nitrogens is 3. The quantitative estimate of drug-likeness (QED) is 0.118. The summed E-state index contributed by atoms with van der Waals surface area (Å²) in [5.74, 6) is 6.80. The fourth-order valence-electron chi connectivity index (χ4n) is 6.14. The van der Waals surface area contributed by atoms with Crippen LogP contribution < -0.4 is 4.40 Å². The fourth-order valence-corrected chi connectivity index (χ4v) is 10.3. The minimum atomic E-state index is -2.25. The number of benzene rings is 2. The molecule has 1 aliphatic rings. The Hall–Kier alpha value is -2.70. The second-order valence-electron chi connectivity index (χ2n) is 13.6. The van der Waals surface area contributed by atoms with E-state index in [-0.39, 0.29) is 37.6 Å². The van der Waals surface area contributed by atoms with Gasteiger partial charge in [0.25, 0.3) is 0 Å². The van der Waals surface area contributed by atoms with Gasteiger partial charge in [0.05, 0.1) is 0 Å². The number of hydrogen-bond acceptors (Lipinski definition) is 4. The number of hydrogen-bond donors (Lipinski definition) is 0. The van der Waals surface area contributed by atoms with E-state index in [1.807, 2.05) is 74.6 Å². The van der Waals surface area contributed by atoms with Crippen LogP contribution >= 0.6 is 11.3 Å². The van der Waals surface area contributed by atoms with Gasteiger partial charge in [0.15, 0.2) is 0 Å². The molecule has 1 saturated carbocycles. The van der Waals surface area contributed by atoms with Crippen molar-refractivity contribution in [1.29, 1.82) is 0 Å². The van der Waals surface area contributed by atoms with Crippen molar-refractivity contribution in [3.8, 4) is 22.5 Å². The molecule has 6 aromatic rings. The molecular weight excluding hydrogens is 843 g/mol. The maximum absolute atomic E-state index is 8.82. The fraction of sp³-hybridized carbons (Fsp3) is 0.357. The molecule has 0 saturated heterocycles. The number of fused-ring (bicyclic) bond motifs is 3. The first-order chi connectivity index (χ1) is 25.4. The van der Waals surface area contributed by atoms with Gasteiger partial charge in [-0.25, -0.2) is 4.98 Å². The summed E-state index contributed by atoms with van der Waals surface area (Å²) < 4.78 is 59.8. The Bertz CT molecular complexity index is 2250. The van der Waals surface area contributed by atoms with Crippen molar-refractivity contribution < 1.29 is 29.7 Å². The van der Waals surface area contributed by atoms with Crippen molar-refractivity contribution in [3.05, 3.63) is 108 Å². The molecule has 6 heteroatoms. The Morgan fingerprint density at radius 1 is 0.938 bits per heavy atom. The average molecular weight is 898 g/mol. The third kappa shape index (κ3) is 8.90. The van der Waals surface area contributed by atoms with Crippen molar-refractivity contribution >= 4 is 49.3 Å². The molecule has 48 heavy (non-hydrogen) atoms. The van der Waals surface area contributed by atoms with E-state index in [1.54, 1.807) is 18.3 Å². The molecule has 1 fully saturated rings. The summed E-state index contributed by atoms with van der Waals surface area (Å²) in [6, 6.07) is 26.9. The minimum Gasteiger partial charge on any atom is 0 e. The number of aryl methyl sites for hydroxylation is 1.